The Morgan fingerprint density at radius 1 is 1.15 bits per heavy atom. The number of benzene rings is 2. The quantitative estimate of drug-likeness (QED) is 0.732. The number of rotatable bonds is 5. The molecule has 0 saturated carbocycles. The van der Waals surface area contributed by atoms with Crippen LogP contribution < -0.4 is 5.73 Å². The van der Waals surface area contributed by atoms with Crippen LogP contribution in [0.5, 0.6) is 0 Å². The number of halogens is 2. The molecule has 0 radical (unpaired) electrons. The van der Waals surface area contributed by atoms with E-state index in [0.717, 1.165) is 18.8 Å². The molecular formula is C20H21ClFN5. The molecule has 0 bridgehead atoms. The summed E-state index contributed by atoms with van der Waals surface area (Å²) in [6.07, 6.45) is 1.84. The molecule has 1 saturated heterocycles. The van der Waals surface area contributed by atoms with Gasteiger partial charge in [0.25, 0.3) is 0 Å². The van der Waals surface area contributed by atoms with Gasteiger partial charge >= 0.3 is 0 Å². The van der Waals surface area contributed by atoms with Crippen LogP contribution in [-0.4, -0.2) is 39.5 Å². The van der Waals surface area contributed by atoms with Crippen molar-refractivity contribution in [2.75, 3.05) is 19.6 Å². The monoisotopic (exact) mass is 385 g/mol. The maximum Gasteiger partial charge on any atom is 0.124 e. The van der Waals surface area contributed by atoms with E-state index >= 15 is 0 Å². The average molecular weight is 386 g/mol. The molecule has 1 aliphatic rings. The Morgan fingerprint density at radius 2 is 1.96 bits per heavy atom. The van der Waals surface area contributed by atoms with E-state index in [1.807, 2.05) is 12.3 Å². The summed E-state index contributed by atoms with van der Waals surface area (Å²) >= 11 is 6.12. The third-order valence-corrected chi connectivity index (χ3v) is 5.43. The lowest BCUT2D eigenvalue weighted by molar-refractivity contribution is 0.313. The summed E-state index contributed by atoms with van der Waals surface area (Å²) in [5.74, 6) is 0.479. The Bertz CT molecular complexity index is 914. The van der Waals surface area contributed by atoms with E-state index < -0.39 is 0 Å². The predicted molar refractivity (Wildman–Crippen MR) is 103 cm³/mol. The Balaban J connectivity index is 1.48. The molecule has 3 aromatic rings. The second-order valence-electron chi connectivity index (χ2n) is 6.96. The first-order valence-corrected chi connectivity index (χ1v) is 9.36. The highest BCUT2D eigenvalue weighted by atomic mass is 35.5. The van der Waals surface area contributed by atoms with Gasteiger partial charge in [0.15, 0.2) is 0 Å². The maximum atomic E-state index is 13.2. The molecule has 1 aromatic heterocycles. The molecule has 140 valence electrons. The first-order chi connectivity index (χ1) is 13.1. The number of nitrogens with two attached hydrogens (primary N) is 1. The third-order valence-electron chi connectivity index (χ3n) is 5.13. The van der Waals surface area contributed by atoms with Crippen LogP contribution in [-0.2, 0) is 6.54 Å². The number of likely N-dealkylation sites (tertiary alicyclic amines) is 1. The second-order valence-corrected chi connectivity index (χ2v) is 7.36. The topological polar surface area (TPSA) is 60.0 Å². The van der Waals surface area contributed by atoms with Crippen molar-refractivity contribution in [2.24, 2.45) is 11.7 Å². The second kappa shape index (κ2) is 7.76. The first kappa shape index (κ1) is 18.1. The zero-order valence-electron chi connectivity index (χ0n) is 14.8. The zero-order chi connectivity index (χ0) is 18.8. The Kier molecular flexibility index (Phi) is 5.20. The Morgan fingerprint density at radius 3 is 2.70 bits per heavy atom. The van der Waals surface area contributed by atoms with E-state index in [-0.39, 0.29) is 5.82 Å². The van der Waals surface area contributed by atoms with Crippen LogP contribution >= 0.6 is 11.6 Å². The van der Waals surface area contributed by atoms with Gasteiger partial charge in [-0.05, 0) is 36.2 Å². The summed E-state index contributed by atoms with van der Waals surface area (Å²) in [6.45, 7) is 3.23. The van der Waals surface area contributed by atoms with Gasteiger partial charge in [-0.1, -0.05) is 47.1 Å². The number of nitrogens with zero attached hydrogens (tertiary/aromatic N) is 4. The average Bonchev–Trinajstić information content (AvgIpc) is 3.29. The fraction of sp³-hybridized carbons (Fsp3) is 0.300. The SMILES string of the molecule is NC[C@@H]1CN(Cc2cn(-c3ccc(F)cc3Cl)nn2)C[C@H]1c1ccccc1. The smallest absolute Gasteiger partial charge is 0.124 e. The Hall–Kier alpha value is -2.28. The van der Waals surface area contributed by atoms with Gasteiger partial charge in [-0.15, -0.1) is 5.10 Å². The van der Waals surface area contributed by atoms with Crippen molar-refractivity contribution in [1.29, 1.82) is 0 Å². The van der Waals surface area contributed by atoms with Gasteiger partial charge in [-0.3, -0.25) is 4.90 Å². The molecule has 1 aliphatic heterocycles. The van der Waals surface area contributed by atoms with Crippen LogP contribution in [0.4, 0.5) is 4.39 Å². The van der Waals surface area contributed by atoms with Crippen molar-refractivity contribution in [3.63, 3.8) is 0 Å². The largest absolute Gasteiger partial charge is 0.330 e. The normalized spacial score (nSPS) is 20.3. The molecule has 2 aromatic carbocycles. The van der Waals surface area contributed by atoms with E-state index in [1.165, 1.54) is 17.7 Å². The highest BCUT2D eigenvalue weighted by Gasteiger charge is 2.33. The molecule has 4 rings (SSSR count). The molecule has 0 aliphatic carbocycles. The lowest BCUT2D eigenvalue weighted by atomic mass is 9.89. The molecule has 0 amide bonds. The predicted octanol–water partition coefficient (Wildman–Crippen LogP) is 3.23. The van der Waals surface area contributed by atoms with E-state index in [9.17, 15) is 4.39 Å². The summed E-state index contributed by atoms with van der Waals surface area (Å²) in [4.78, 5) is 2.36. The van der Waals surface area contributed by atoms with Crippen molar-refractivity contribution >= 4 is 11.6 Å². The fourth-order valence-electron chi connectivity index (χ4n) is 3.79. The van der Waals surface area contributed by atoms with Crippen LogP contribution in [0.1, 0.15) is 17.2 Å². The summed E-state index contributed by atoms with van der Waals surface area (Å²) in [6, 6.07) is 14.8. The lowest BCUT2D eigenvalue weighted by Gasteiger charge is -2.16. The van der Waals surface area contributed by atoms with Gasteiger partial charge in [-0.25, -0.2) is 9.07 Å². The lowest BCUT2D eigenvalue weighted by Crippen LogP contribution is -2.23. The minimum atomic E-state index is -0.374. The van der Waals surface area contributed by atoms with Crippen LogP contribution in [0.3, 0.4) is 0 Å². The van der Waals surface area contributed by atoms with E-state index in [0.29, 0.717) is 35.6 Å². The number of aromatic nitrogens is 3. The van der Waals surface area contributed by atoms with Crippen LogP contribution in [0, 0.1) is 11.7 Å². The molecule has 7 heteroatoms. The summed E-state index contributed by atoms with van der Waals surface area (Å²) in [7, 11) is 0. The summed E-state index contributed by atoms with van der Waals surface area (Å²) < 4.78 is 14.8. The molecule has 27 heavy (non-hydrogen) atoms. The maximum absolute atomic E-state index is 13.2. The molecule has 1 fully saturated rings. The van der Waals surface area contributed by atoms with E-state index in [1.54, 1.807) is 10.7 Å². The minimum absolute atomic E-state index is 0.306. The first-order valence-electron chi connectivity index (χ1n) is 8.98. The van der Waals surface area contributed by atoms with E-state index in [2.05, 4.69) is 39.5 Å². The van der Waals surface area contributed by atoms with Crippen LogP contribution in [0.2, 0.25) is 5.02 Å². The van der Waals surface area contributed by atoms with Gasteiger partial charge in [0.05, 0.1) is 22.6 Å². The van der Waals surface area contributed by atoms with Crippen molar-refractivity contribution in [1.82, 2.24) is 19.9 Å². The van der Waals surface area contributed by atoms with Gasteiger partial charge < -0.3 is 5.73 Å². The molecule has 2 atom stereocenters. The van der Waals surface area contributed by atoms with Gasteiger partial charge in [0, 0.05) is 25.6 Å². The van der Waals surface area contributed by atoms with E-state index in [4.69, 9.17) is 17.3 Å². The Labute approximate surface area is 162 Å². The third kappa shape index (κ3) is 3.88. The highest BCUT2D eigenvalue weighted by Crippen LogP contribution is 2.32. The molecule has 2 heterocycles. The molecule has 5 nitrogen and oxygen atoms in total. The van der Waals surface area contributed by atoms with Crippen molar-refractivity contribution in [3.8, 4) is 5.69 Å². The van der Waals surface area contributed by atoms with Crippen molar-refractivity contribution < 1.29 is 4.39 Å². The zero-order valence-corrected chi connectivity index (χ0v) is 15.6. The summed E-state index contributed by atoms with van der Waals surface area (Å²) in [5.41, 5.74) is 8.81. The fourth-order valence-corrected chi connectivity index (χ4v) is 4.04. The van der Waals surface area contributed by atoms with Crippen molar-refractivity contribution in [2.45, 2.75) is 12.5 Å². The number of hydrogen-bond donors (Lipinski definition) is 1. The highest BCUT2D eigenvalue weighted by molar-refractivity contribution is 6.32. The standard InChI is InChI=1S/C20H21ClFN5/c21-19-8-16(22)6-7-20(19)27-12-17(24-25-27)11-26-10-15(9-23)18(13-26)14-4-2-1-3-5-14/h1-8,12,15,18H,9-11,13,23H2/t15-,18+/m1/s1. The van der Waals surface area contributed by atoms with Crippen molar-refractivity contribution in [3.05, 3.63) is 76.8 Å². The molecule has 0 spiro atoms. The van der Waals surface area contributed by atoms with Gasteiger partial charge in [0.1, 0.15) is 5.82 Å². The summed E-state index contributed by atoms with van der Waals surface area (Å²) in [5, 5.41) is 8.71. The number of hydrogen-bond acceptors (Lipinski definition) is 4. The molecule has 2 N–H and O–H groups in total. The van der Waals surface area contributed by atoms with Crippen LogP contribution in [0.15, 0.2) is 54.7 Å². The van der Waals surface area contributed by atoms with Gasteiger partial charge in [-0.2, -0.15) is 0 Å². The van der Waals surface area contributed by atoms with Crippen LogP contribution in [0.25, 0.3) is 5.69 Å². The molecule has 0 unspecified atom stereocenters. The van der Waals surface area contributed by atoms with Gasteiger partial charge in [0.2, 0.25) is 0 Å². The molecular weight excluding hydrogens is 365 g/mol. The minimum Gasteiger partial charge on any atom is -0.330 e.